The Morgan fingerprint density at radius 3 is 3.00 bits per heavy atom. The Morgan fingerprint density at radius 1 is 1.41 bits per heavy atom. The first-order valence-electron chi connectivity index (χ1n) is 6.04. The molecule has 5 heteroatoms. The summed E-state index contributed by atoms with van der Waals surface area (Å²) < 4.78 is 0. The molecule has 2 unspecified atom stereocenters. The Morgan fingerprint density at radius 2 is 2.24 bits per heavy atom. The lowest BCUT2D eigenvalue weighted by molar-refractivity contribution is 0.199. The van der Waals surface area contributed by atoms with Crippen LogP contribution in [-0.2, 0) is 0 Å². The standard InChI is InChI=1S/C12H19N3OS/c1-17-12-5-11(14-8-15-12)13-6-9-3-2-4-10(9)7-16/h5,8-10,16H,2-4,6-7H2,1H3,(H,13,14,15). The summed E-state index contributed by atoms with van der Waals surface area (Å²) in [4.78, 5) is 8.34. The molecular formula is C12H19N3OS. The quantitative estimate of drug-likeness (QED) is 0.621. The van der Waals surface area contributed by atoms with Crippen molar-refractivity contribution in [3.63, 3.8) is 0 Å². The third-order valence-electron chi connectivity index (χ3n) is 3.45. The van der Waals surface area contributed by atoms with Gasteiger partial charge in [-0.3, -0.25) is 0 Å². The van der Waals surface area contributed by atoms with Crippen LogP contribution in [0.2, 0.25) is 0 Å². The Kier molecular flexibility index (Phi) is 4.62. The van der Waals surface area contributed by atoms with Gasteiger partial charge in [0.1, 0.15) is 17.2 Å². The van der Waals surface area contributed by atoms with Crippen molar-refractivity contribution < 1.29 is 5.11 Å². The molecule has 2 N–H and O–H groups in total. The molecule has 17 heavy (non-hydrogen) atoms. The third kappa shape index (κ3) is 3.33. The molecule has 1 fully saturated rings. The van der Waals surface area contributed by atoms with Gasteiger partial charge in [0.15, 0.2) is 0 Å². The molecule has 0 radical (unpaired) electrons. The maximum Gasteiger partial charge on any atom is 0.130 e. The number of aliphatic hydroxyl groups excluding tert-OH is 1. The van der Waals surface area contributed by atoms with Gasteiger partial charge in [0.05, 0.1) is 0 Å². The molecular weight excluding hydrogens is 234 g/mol. The fraction of sp³-hybridized carbons (Fsp3) is 0.667. The maximum atomic E-state index is 9.26. The fourth-order valence-corrected chi connectivity index (χ4v) is 2.79. The highest BCUT2D eigenvalue weighted by atomic mass is 32.2. The van der Waals surface area contributed by atoms with E-state index in [1.54, 1.807) is 18.1 Å². The van der Waals surface area contributed by atoms with Crippen LogP contribution in [0.1, 0.15) is 19.3 Å². The van der Waals surface area contributed by atoms with E-state index in [4.69, 9.17) is 0 Å². The van der Waals surface area contributed by atoms with E-state index < -0.39 is 0 Å². The highest BCUT2D eigenvalue weighted by molar-refractivity contribution is 7.98. The number of hydrogen-bond acceptors (Lipinski definition) is 5. The lowest BCUT2D eigenvalue weighted by Gasteiger charge is -2.18. The first-order chi connectivity index (χ1) is 8.33. The molecule has 0 aliphatic heterocycles. The zero-order chi connectivity index (χ0) is 12.1. The highest BCUT2D eigenvalue weighted by Crippen LogP contribution is 2.31. The molecule has 1 aliphatic carbocycles. The van der Waals surface area contributed by atoms with Crippen molar-refractivity contribution in [2.75, 3.05) is 24.7 Å². The van der Waals surface area contributed by atoms with Crippen LogP contribution in [0.4, 0.5) is 5.82 Å². The molecule has 2 atom stereocenters. The fourth-order valence-electron chi connectivity index (χ4n) is 2.41. The molecule has 2 rings (SSSR count). The number of rotatable bonds is 5. The maximum absolute atomic E-state index is 9.26. The van der Waals surface area contributed by atoms with Crippen molar-refractivity contribution in [1.29, 1.82) is 0 Å². The van der Waals surface area contributed by atoms with Gasteiger partial charge >= 0.3 is 0 Å². The summed E-state index contributed by atoms with van der Waals surface area (Å²) in [7, 11) is 0. The Hall–Kier alpha value is -0.810. The summed E-state index contributed by atoms with van der Waals surface area (Å²) in [5.74, 6) is 1.92. The van der Waals surface area contributed by atoms with Gasteiger partial charge in [-0.05, 0) is 30.9 Å². The van der Waals surface area contributed by atoms with Gasteiger partial charge in [0, 0.05) is 19.2 Å². The van der Waals surface area contributed by atoms with Crippen LogP contribution in [0.5, 0.6) is 0 Å². The molecule has 4 nitrogen and oxygen atoms in total. The van der Waals surface area contributed by atoms with Crippen LogP contribution in [-0.4, -0.2) is 34.5 Å². The van der Waals surface area contributed by atoms with E-state index in [0.29, 0.717) is 18.4 Å². The predicted octanol–water partition coefficient (Wildman–Crippen LogP) is 2.02. The summed E-state index contributed by atoms with van der Waals surface area (Å²) in [6.45, 7) is 1.21. The summed E-state index contributed by atoms with van der Waals surface area (Å²) in [6, 6.07) is 1.97. The van der Waals surface area contributed by atoms with Crippen LogP contribution in [0.25, 0.3) is 0 Å². The minimum Gasteiger partial charge on any atom is -0.396 e. The topological polar surface area (TPSA) is 58.0 Å². The predicted molar refractivity (Wildman–Crippen MR) is 70.2 cm³/mol. The van der Waals surface area contributed by atoms with E-state index >= 15 is 0 Å². The van der Waals surface area contributed by atoms with Crippen molar-refractivity contribution in [3.05, 3.63) is 12.4 Å². The molecule has 0 spiro atoms. The SMILES string of the molecule is CSc1cc(NCC2CCCC2CO)ncn1. The van der Waals surface area contributed by atoms with Gasteiger partial charge in [0.2, 0.25) is 0 Å². The normalized spacial score (nSPS) is 23.9. The minimum atomic E-state index is 0.312. The molecule has 1 saturated carbocycles. The van der Waals surface area contributed by atoms with Gasteiger partial charge in [-0.25, -0.2) is 9.97 Å². The molecule has 1 aromatic rings. The second-order valence-corrected chi connectivity index (χ2v) is 5.29. The van der Waals surface area contributed by atoms with Crippen LogP contribution in [0.15, 0.2) is 17.4 Å². The lowest BCUT2D eigenvalue weighted by Crippen LogP contribution is -2.21. The molecule has 1 aromatic heterocycles. The Balaban J connectivity index is 1.88. The van der Waals surface area contributed by atoms with Gasteiger partial charge in [-0.1, -0.05) is 6.42 Å². The summed E-state index contributed by atoms with van der Waals surface area (Å²) in [5.41, 5.74) is 0. The van der Waals surface area contributed by atoms with Crippen molar-refractivity contribution in [2.24, 2.45) is 11.8 Å². The van der Waals surface area contributed by atoms with Crippen molar-refractivity contribution in [2.45, 2.75) is 24.3 Å². The zero-order valence-corrected chi connectivity index (χ0v) is 10.9. The average molecular weight is 253 g/mol. The van der Waals surface area contributed by atoms with Gasteiger partial charge in [0.25, 0.3) is 0 Å². The van der Waals surface area contributed by atoms with E-state index in [1.807, 2.05) is 12.3 Å². The smallest absolute Gasteiger partial charge is 0.130 e. The number of hydrogen-bond donors (Lipinski definition) is 2. The summed E-state index contributed by atoms with van der Waals surface area (Å²) in [5, 5.41) is 13.6. The number of aromatic nitrogens is 2. The highest BCUT2D eigenvalue weighted by Gasteiger charge is 2.26. The van der Waals surface area contributed by atoms with Crippen molar-refractivity contribution >= 4 is 17.6 Å². The van der Waals surface area contributed by atoms with Gasteiger partial charge in [-0.2, -0.15) is 0 Å². The minimum absolute atomic E-state index is 0.312. The zero-order valence-electron chi connectivity index (χ0n) is 10.1. The van der Waals surface area contributed by atoms with E-state index in [1.165, 1.54) is 12.8 Å². The number of thioether (sulfide) groups is 1. The Labute approximate surface area is 106 Å². The molecule has 1 aliphatic rings. The Bertz CT molecular complexity index is 361. The molecule has 0 aromatic carbocycles. The molecule has 0 saturated heterocycles. The lowest BCUT2D eigenvalue weighted by atomic mass is 9.97. The molecule has 0 amide bonds. The van der Waals surface area contributed by atoms with Crippen LogP contribution in [0.3, 0.4) is 0 Å². The van der Waals surface area contributed by atoms with Crippen LogP contribution >= 0.6 is 11.8 Å². The molecule has 94 valence electrons. The number of aliphatic hydroxyl groups is 1. The number of nitrogens with one attached hydrogen (secondary N) is 1. The van der Waals surface area contributed by atoms with Gasteiger partial charge in [-0.15, -0.1) is 11.8 Å². The average Bonchev–Trinajstić information content (AvgIpc) is 2.84. The largest absolute Gasteiger partial charge is 0.396 e. The molecule has 1 heterocycles. The third-order valence-corrected chi connectivity index (χ3v) is 4.09. The van der Waals surface area contributed by atoms with Crippen molar-refractivity contribution in [1.82, 2.24) is 9.97 Å². The first-order valence-corrected chi connectivity index (χ1v) is 7.26. The first kappa shape index (κ1) is 12.6. The second-order valence-electron chi connectivity index (χ2n) is 4.46. The summed E-state index contributed by atoms with van der Waals surface area (Å²) in [6.07, 6.45) is 7.19. The van der Waals surface area contributed by atoms with Crippen LogP contribution < -0.4 is 5.32 Å². The second kappa shape index (κ2) is 6.21. The van der Waals surface area contributed by atoms with E-state index in [-0.39, 0.29) is 0 Å². The number of anilines is 1. The summed E-state index contributed by atoms with van der Waals surface area (Å²) >= 11 is 1.62. The monoisotopic (exact) mass is 253 g/mol. The van der Waals surface area contributed by atoms with E-state index in [2.05, 4.69) is 15.3 Å². The van der Waals surface area contributed by atoms with E-state index in [0.717, 1.165) is 23.8 Å². The number of nitrogens with zero attached hydrogens (tertiary/aromatic N) is 2. The van der Waals surface area contributed by atoms with E-state index in [9.17, 15) is 5.11 Å². The molecule has 0 bridgehead atoms. The van der Waals surface area contributed by atoms with Gasteiger partial charge < -0.3 is 10.4 Å². The van der Waals surface area contributed by atoms with Crippen molar-refractivity contribution in [3.8, 4) is 0 Å². The van der Waals surface area contributed by atoms with Crippen LogP contribution in [0, 0.1) is 11.8 Å².